The first-order chi connectivity index (χ1) is 9.11. The fourth-order valence-electron chi connectivity index (χ4n) is 2.90. The van der Waals surface area contributed by atoms with Crippen LogP contribution >= 0.6 is 11.6 Å². The maximum Gasteiger partial charge on any atom is 0.101 e. The van der Waals surface area contributed by atoms with Crippen molar-refractivity contribution in [2.75, 3.05) is 11.4 Å². The molecule has 3 heteroatoms. The molecule has 0 amide bonds. The molecule has 1 fully saturated rings. The van der Waals surface area contributed by atoms with E-state index in [1.54, 1.807) is 6.07 Å². The minimum absolute atomic E-state index is 0.579. The van der Waals surface area contributed by atoms with Gasteiger partial charge in [-0.05, 0) is 37.0 Å². The monoisotopic (exact) mass is 276 g/mol. The van der Waals surface area contributed by atoms with E-state index in [4.69, 9.17) is 11.6 Å². The van der Waals surface area contributed by atoms with Crippen molar-refractivity contribution in [1.82, 2.24) is 0 Å². The van der Waals surface area contributed by atoms with Crippen LogP contribution in [0, 0.1) is 17.2 Å². The predicted octanol–water partition coefficient (Wildman–Crippen LogP) is 4.62. The van der Waals surface area contributed by atoms with Gasteiger partial charge in [0.05, 0.1) is 11.3 Å². The van der Waals surface area contributed by atoms with Crippen LogP contribution < -0.4 is 4.90 Å². The van der Waals surface area contributed by atoms with Crippen LogP contribution in [0.5, 0.6) is 0 Å². The highest BCUT2D eigenvalue weighted by Crippen LogP contribution is 2.32. The van der Waals surface area contributed by atoms with E-state index in [1.807, 2.05) is 12.1 Å². The fraction of sp³-hybridized carbons (Fsp3) is 0.562. The Morgan fingerprint density at radius 1 is 1.37 bits per heavy atom. The van der Waals surface area contributed by atoms with Gasteiger partial charge in [0, 0.05) is 17.6 Å². The Morgan fingerprint density at radius 2 is 2.05 bits per heavy atom. The lowest BCUT2D eigenvalue weighted by Crippen LogP contribution is -2.36. The average Bonchev–Trinajstić information content (AvgIpc) is 2.89. The van der Waals surface area contributed by atoms with Crippen LogP contribution in [0.2, 0.25) is 5.02 Å². The Hall–Kier alpha value is -1.20. The molecule has 2 rings (SSSR count). The first-order valence-electron chi connectivity index (χ1n) is 7.08. The quantitative estimate of drug-likeness (QED) is 0.802. The van der Waals surface area contributed by atoms with Gasteiger partial charge in [0.2, 0.25) is 0 Å². The number of benzene rings is 1. The van der Waals surface area contributed by atoms with Gasteiger partial charge in [0.1, 0.15) is 6.07 Å². The van der Waals surface area contributed by atoms with Crippen molar-refractivity contribution in [2.45, 2.75) is 45.6 Å². The van der Waals surface area contributed by atoms with Crippen LogP contribution in [0.25, 0.3) is 0 Å². The fourth-order valence-corrected chi connectivity index (χ4v) is 3.07. The van der Waals surface area contributed by atoms with Gasteiger partial charge in [0.25, 0.3) is 0 Å². The van der Waals surface area contributed by atoms with Crippen molar-refractivity contribution >= 4 is 17.3 Å². The lowest BCUT2D eigenvalue weighted by atomic mass is 10.1. The van der Waals surface area contributed by atoms with Crippen molar-refractivity contribution in [2.24, 2.45) is 5.92 Å². The molecular formula is C16H21ClN2. The molecule has 0 bridgehead atoms. The van der Waals surface area contributed by atoms with Crippen LogP contribution in [-0.4, -0.2) is 12.6 Å². The normalized spacial score (nSPS) is 15.7. The molecule has 0 radical (unpaired) electrons. The Balaban J connectivity index is 2.34. The van der Waals surface area contributed by atoms with Crippen molar-refractivity contribution in [3.8, 4) is 6.07 Å². The van der Waals surface area contributed by atoms with Gasteiger partial charge in [-0.3, -0.25) is 0 Å². The van der Waals surface area contributed by atoms with Gasteiger partial charge < -0.3 is 4.90 Å². The summed E-state index contributed by atoms with van der Waals surface area (Å²) < 4.78 is 0. The third-order valence-corrected chi connectivity index (χ3v) is 3.95. The summed E-state index contributed by atoms with van der Waals surface area (Å²) in [6, 6.07) is 8.53. The molecule has 2 nitrogen and oxygen atoms in total. The van der Waals surface area contributed by atoms with Gasteiger partial charge in [0.15, 0.2) is 0 Å². The molecule has 102 valence electrons. The molecule has 0 N–H and O–H groups in total. The van der Waals surface area contributed by atoms with Crippen molar-refractivity contribution in [1.29, 1.82) is 5.26 Å². The second-order valence-electron chi connectivity index (χ2n) is 5.76. The van der Waals surface area contributed by atoms with Crippen molar-refractivity contribution in [3.63, 3.8) is 0 Å². The van der Waals surface area contributed by atoms with Gasteiger partial charge >= 0.3 is 0 Å². The average molecular weight is 277 g/mol. The smallest absolute Gasteiger partial charge is 0.101 e. The highest BCUT2D eigenvalue weighted by atomic mass is 35.5. The highest BCUT2D eigenvalue weighted by Gasteiger charge is 2.25. The third-order valence-electron chi connectivity index (χ3n) is 3.72. The molecule has 1 aromatic rings. The van der Waals surface area contributed by atoms with E-state index < -0.39 is 0 Å². The Bertz CT molecular complexity index is 470. The molecule has 1 aliphatic rings. The summed E-state index contributed by atoms with van der Waals surface area (Å²) in [6.07, 6.45) is 5.07. The molecule has 1 aliphatic carbocycles. The first kappa shape index (κ1) is 14.2. The largest absolute Gasteiger partial charge is 0.367 e. The zero-order chi connectivity index (χ0) is 13.8. The second-order valence-corrected chi connectivity index (χ2v) is 6.19. The summed E-state index contributed by atoms with van der Waals surface area (Å²) in [5.74, 6) is 0.586. The van der Waals surface area contributed by atoms with E-state index in [2.05, 4.69) is 24.8 Å². The van der Waals surface area contributed by atoms with Crippen LogP contribution in [0.15, 0.2) is 18.2 Å². The molecular weight excluding hydrogens is 256 g/mol. The third kappa shape index (κ3) is 3.42. The zero-order valence-electron chi connectivity index (χ0n) is 11.7. The molecule has 1 aromatic carbocycles. The summed E-state index contributed by atoms with van der Waals surface area (Å²) >= 11 is 6.00. The molecule has 0 atom stereocenters. The summed E-state index contributed by atoms with van der Waals surface area (Å²) in [6.45, 7) is 5.45. The van der Waals surface area contributed by atoms with Crippen LogP contribution in [0.4, 0.5) is 5.69 Å². The van der Waals surface area contributed by atoms with E-state index in [0.717, 1.165) is 12.2 Å². The minimum Gasteiger partial charge on any atom is -0.367 e. The molecule has 1 saturated carbocycles. The molecule has 0 aliphatic heterocycles. The SMILES string of the molecule is CC(C)CN(c1ccc(Cl)cc1C#N)C1CCCC1. The molecule has 0 unspecified atom stereocenters. The standard InChI is InChI=1S/C16H21ClN2/c1-12(2)11-19(15-5-3-4-6-15)16-8-7-14(17)9-13(16)10-18/h7-9,12,15H,3-6,11H2,1-2H3. The van der Waals surface area contributed by atoms with E-state index in [9.17, 15) is 5.26 Å². The molecule has 0 saturated heterocycles. The van der Waals surface area contributed by atoms with Crippen molar-refractivity contribution in [3.05, 3.63) is 28.8 Å². The van der Waals surface area contributed by atoms with Gasteiger partial charge in [-0.25, -0.2) is 0 Å². The number of anilines is 1. The lowest BCUT2D eigenvalue weighted by Gasteiger charge is -2.33. The number of hydrogen-bond acceptors (Lipinski definition) is 2. The van der Waals surface area contributed by atoms with Crippen molar-refractivity contribution < 1.29 is 0 Å². The Labute approximate surface area is 121 Å². The number of halogens is 1. The molecule has 0 aromatic heterocycles. The van der Waals surface area contributed by atoms with Gasteiger partial charge in [-0.2, -0.15) is 5.26 Å². The van der Waals surface area contributed by atoms with Crippen LogP contribution in [0.3, 0.4) is 0 Å². The maximum absolute atomic E-state index is 9.33. The molecule has 19 heavy (non-hydrogen) atoms. The maximum atomic E-state index is 9.33. The van der Waals surface area contributed by atoms with Gasteiger partial charge in [-0.15, -0.1) is 0 Å². The van der Waals surface area contributed by atoms with E-state index in [0.29, 0.717) is 22.5 Å². The number of rotatable bonds is 4. The molecule has 0 spiro atoms. The Kier molecular flexibility index (Phi) is 4.71. The highest BCUT2D eigenvalue weighted by molar-refractivity contribution is 6.30. The summed E-state index contributed by atoms with van der Waals surface area (Å²) in [7, 11) is 0. The molecule has 0 heterocycles. The topological polar surface area (TPSA) is 27.0 Å². The van der Waals surface area contributed by atoms with E-state index in [-0.39, 0.29) is 0 Å². The van der Waals surface area contributed by atoms with Crippen LogP contribution in [0.1, 0.15) is 45.1 Å². The summed E-state index contributed by atoms with van der Waals surface area (Å²) in [5.41, 5.74) is 1.74. The minimum atomic E-state index is 0.579. The van der Waals surface area contributed by atoms with Crippen LogP contribution in [-0.2, 0) is 0 Å². The first-order valence-corrected chi connectivity index (χ1v) is 7.46. The zero-order valence-corrected chi connectivity index (χ0v) is 12.5. The lowest BCUT2D eigenvalue weighted by molar-refractivity contribution is 0.535. The van der Waals surface area contributed by atoms with E-state index in [1.165, 1.54) is 25.7 Å². The van der Waals surface area contributed by atoms with E-state index >= 15 is 0 Å². The second kappa shape index (κ2) is 6.30. The number of nitrogens with zero attached hydrogens (tertiary/aromatic N) is 2. The summed E-state index contributed by atoms with van der Waals surface area (Å²) in [4.78, 5) is 2.42. The number of hydrogen-bond donors (Lipinski definition) is 0. The van der Waals surface area contributed by atoms with Gasteiger partial charge in [-0.1, -0.05) is 38.3 Å². The predicted molar refractivity (Wildman–Crippen MR) is 80.6 cm³/mol. The summed E-state index contributed by atoms with van der Waals surface area (Å²) in [5, 5.41) is 9.97. The number of nitriles is 1. The Morgan fingerprint density at radius 3 is 2.63 bits per heavy atom.